The van der Waals surface area contributed by atoms with Crippen molar-refractivity contribution in [3.63, 3.8) is 0 Å². The van der Waals surface area contributed by atoms with Gasteiger partial charge < -0.3 is 16.2 Å². The number of rotatable bonds is 2. The van der Waals surface area contributed by atoms with Gasteiger partial charge in [0.1, 0.15) is 5.75 Å². The van der Waals surface area contributed by atoms with Crippen LogP contribution in [0.3, 0.4) is 0 Å². The third-order valence-corrected chi connectivity index (χ3v) is 1.99. The van der Waals surface area contributed by atoms with Crippen molar-refractivity contribution in [3.8, 4) is 5.75 Å². The maximum Gasteiger partial charge on any atom is 0.573 e. The van der Waals surface area contributed by atoms with Gasteiger partial charge in [0.05, 0.1) is 10.6 Å². The van der Waals surface area contributed by atoms with Crippen LogP contribution in [0.2, 0.25) is 5.02 Å². The standard InChI is InChI=1S/C8H6ClF3N2O2/c9-6-4(16-8(10,11)12)2-1-3(13)5(6)7(14)15/h1-2H,13H2,(H2,14,15). The number of anilines is 1. The molecular formula is C8H6ClF3N2O2. The number of nitrogen functional groups attached to an aromatic ring is 1. The molecule has 0 aliphatic rings. The molecular weight excluding hydrogens is 249 g/mol. The van der Waals surface area contributed by atoms with E-state index in [9.17, 15) is 18.0 Å². The van der Waals surface area contributed by atoms with Crippen LogP contribution < -0.4 is 16.2 Å². The fraction of sp³-hybridized carbons (Fsp3) is 0.125. The number of primary amides is 1. The summed E-state index contributed by atoms with van der Waals surface area (Å²) in [5, 5.41) is -0.565. The first-order valence-corrected chi connectivity index (χ1v) is 4.23. The summed E-state index contributed by atoms with van der Waals surface area (Å²) in [6.07, 6.45) is -4.91. The number of hydrogen-bond donors (Lipinski definition) is 2. The van der Waals surface area contributed by atoms with Gasteiger partial charge in [0.15, 0.2) is 0 Å². The molecule has 0 fully saturated rings. The Labute approximate surface area is 92.9 Å². The molecule has 0 bridgehead atoms. The first kappa shape index (κ1) is 12.4. The Balaban J connectivity index is 3.24. The maximum absolute atomic E-state index is 11.9. The quantitative estimate of drug-likeness (QED) is 0.792. The minimum atomic E-state index is -4.91. The molecule has 8 heteroatoms. The smallest absolute Gasteiger partial charge is 0.404 e. The third kappa shape index (κ3) is 2.69. The second-order valence-corrected chi connectivity index (χ2v) is 3.13. The summed E-state index contributed by atoms with van der Waals surface area (Å²) < 4.78 is 39.4. The average Bonchev–Trinajstić information content (AvgIpc) is 2.07. The molecule has 0 aliphatic heterocycles. The van der Waals surface area contributed by atoms with E-state index in [4.69, 9.17) is 23.1 Å². The Morgan fingerprint density at radius 3 is 2.38 bits per heavy atom. The lowest BCUT2D eigenvalue weighted by Crippen LogP contribution is -2.19. The van der Waals surface area contributed by atoms with E-state index in [1.54, 1.807) is 0 Å². The highest BCUT2D eigenvalue weighted by Gasteiger charge is 2.33. The monoisotopic (exact) mass is 254 g/mol. The van der Waals surface area contributed by atoms with Gasteiger partial charge in [-0.2, -0.15) is 0 Å². The number of alkyl halides is 3. The topological polar surface area (TPSA) is 78.3 Å². The Bertz CT molecular complexity index is 434. The molecule has 1 aromatic rings. The Kier molecular flexibility index (Phi) is 3.18. The summed E-state index contributed by atoms with van der Waals surface area (Å²) in [5.74, 6) is -1.76. The summed E-state index contributed by atoms with van der Waals surface area (Å²) in [6, 6.07) is 1.95. The van der Waals surface area contributed by atoms with E-state index in [-0.39, 0.29) is 5.69 Å². The third-order valence-electron chi connectivity index (χ3n) is 1.61. The van der Waals surface area contributed by atoms with Crippen LogP contribution >= 0.6 is 11.6 Å². The molecule has 1 amide bonds. The molecule has 0 heterocycles. The number of carbonyl (C=O) groups is 1. The van der Waals surface area contributed by atoms with Crippen LogP contribution in [0, 0.1) is 0 Å². The van der Waals surface area contributed by atoms with Gasteiger partial charge >= 0.3 is 6.36 Å². The molecule has 0 saturated carbocycles. The first-order valence-electron chi connectivity index (χ1n) is 3.86. The molecule has 1 rings (SSSR count). The molecule has 4 N–H and O–H groups in total. The van der Waals surface area contributed by atoms with Crippen molar-refractivity contribution in [1.82, 2.24) is 0 Å². The normalized spacial score (nSPS) is 11.2. The van der Waals surface area contributed by atoms with Crippen molar-refractivity contribution in [2.24, 2.45) is 5.73 Å². The van der Waals surface area contributed by atoms with E-state index < -0.39 is 28.6 Å². The lowest BCUT2D eigenvalue weighted by atomic mass is 10.1. The zero-order valence-corrected chi connectivity index (χ0v) is 8.39. The van der Waals surface area contributed by atoms with E-state index in [1.807, 2.05) is 0 Å². The fourth-order valence-corrected chi connectivity index (χ4v) is 1.33. The largest absolute Gasteiger partial charge is 0.573 e. The minimum Gasteiger partial charge on any atom is -0.404 e. The summed E-state index contributed by atoms with van der Waals surface area (Å²) in [7, 11) is 0. The van der Waals surface area contributed by atoms with E-state index in [0.717, 1.165) is 12.1 Å². The maximum atomic E-state index is 11.9. The zero-order valence-electron chi connectivity index (χ0n) is 7.64. The van der Waals surface area contributed by atoms with Gasteiger partial charge in [-0.15, -0.1) is 13.2 Å². The summed E-state index contributed by atoms with van der Waals surface area (Å²) in [5.41, 5.74) is 9.72. The number of benzene rings is 1. The lowest BCUT2D eigenvalue weighted by Gasteiger charge is -2.12. The molecule has 0 saturated heterocycles. The molecule has 16 heavy (non-hydrogen) atoms. The SMILES string of the molecule is NC(=O)c1c(N)ccc(OC(F)(F)F)c1Cl. The molecule has 0 aliphatic carbocycles. The Morgan fingerprint density at radius 2 is 1.94 bits per heavy atom. The van der Waals surface area contributed by atoms with Crippen LogP contribution in [0.1, 0.15) is 10.4 Å². The number of nitrogens with two attached hydrogens (primary N) is 2. The van der Waals surface area contributed by atoms with Crippen molar-refractivity contribution in [3.05, 3.63) is 22.7 Å². The van der Waals surface area contributed by atoms with E-state index in [1.165, 1.54) is 0 Å². The van der Waals surface area contributed by atoms with Gasteiger partial charge in [-0.1, -0.05) is 11.6 Å². The van der Waals surface area contributed by atoms with Crippen LogP contribution in [0.15, 0.2) is 12.1 Å². The fourth-order valence-electron chi connectivity index (χ4n) is 1.03. The molecule has 0 radical (unpaired) electrons. The van der Waals surface area contributed by atoms with Gasteiger partial charge in [0.2, 0.25) is 0 Å². The van der Waals surface area contributed by atoms with Crippen molar-refractivity contribution in [1.29, 1.82) is 0 Å². The first-order chi connectivity index (χ1) is 7.22. The molecule has 1 aromatic carbocycles. The van der Waals surface area contributed by atoms with Crippen LogP contribution in [0.25, 0.3) is 0 Å². The number of ether oxygens (including phenoxy) is 1. The van der Waals surface area contributed by atoms with Crippen LogP contribution in [-0.4, -0.2) is 12.3 Å². The van der Waals surface area contributed by atoms with Crippen molar-refractivity contribution in [2.45, 2.75) is 6.36 Å². The van der Waals surface area contributed by atoms with Gasteiger partial charge in [0, 0.05) is 5.69 Å². The number of hydrogen-bond acceptors (Lipinski definition) is 3. The second-order valence-electron chi connectivity index (χ2n) is 2.75. The highest BCUT2D eigenvalue weighted by molar-refractivity contribution is 6.36. The van der Waals surface area contributed by atoms with Crippen molar-refractivity contribution < 1.29 is 22.7 Å². The molecule has 88 valence electrons. The molecule has 4 nitrogen and oxygen atoms in total. The predicted octanol–water partition coefficient (Wildman–Crippen LogP) is 1.92. The highest BCUT2D eigenvalue weighted by atomic mass is 35.5. The summed E-state index contributed by atoms with van der Waals surface area (Å²) >= 11 is 5.51. The highest BCUT2D eigenvalue weighted by Crippen LogP contribution is 2.35. The van der Waals surface area contributed by atoms with Crippen LogP contribution in [-0.2, 0) is 0 Å². The molecule has 0 atom stereocenters. The molecule has 0 aromatic heterocycles. The van der Waals surface area contributed by atoms with Gasteiger partial charge in [-0.3, -0.25) is 4.79 Å². The molecule has 0 unspecified atom stereocenters. The Morgan fingerprint density at radius 1 is 1.38 bits per heavy atom. The molecule has 0 spiro atoms. The minimum absolute atomic E-state index is 0.118. The summed E-state index contributed by atoms with van der Waals surface area (Å²) in [4.78, 5) is 10.9. The number of carbonyl (C=O) groups excluding carboxylic acids is 1. The zero-order chi connectivity index (χ0) is 12.5. The Hall–Kier alpha value is -1.63. The van der Waals surface area contributed by atoms with Gasteiger partial charge in [0.25, 0.3) is 5.91 Å². The summed E-state index contributed by atoms with van der Waals surface area (Å²) in [6.45, 7) is 0. The number of halogens is 4. The van der Waals surface area contributed by atoms with Crippen LogP contribution in [0.5, 0.6) is 5.75 Å². The van der Waals surface area contributed by atoms with Crippen molar-refractivity contribution >= 4 is 23.2 Å². The second kappa shape index (κ2) is 4.09. The van der Waals surface area contributed by atoms with E-state index in [0.29, 0.717) is 0 Å². The number of amides is 1. The van der Waals surface area contributed by atoms with Crippen molar-refractivity contribution in [2.75, 3.05) is 5.73 Å². The van der Waals surface area contributed by atoms with Gasteiger partial charge in [-0.25, -0.2) is 0 Å². The lowest BCUT2D eigenvalue weighted by molar-refractivity contribution is -0.274. The predicted molar refractivity (Wildman–Crippen MR) is 51.1 cm³/mol. The van der Waals surface area contributed by atoms with Crippen LogP contribution in [0.4, 0.5) is 18.9 Å². The van der Waals surface area contributed by atoms with Gasteiger partial charge in [-0.05, 0) is 12.1 Å². The van der Waals surface area contributed by atoms with E-state index in [2.05, 4.69) is 4.74 Å². The average molecular weight is 255 g/mol. The van der Waals surface area contributed by atoms with E-state index >= 15 is 0 Å².